The Morgan fingerprint density at radius 1 is 1.37 bits per heavy atom. The van der Waals surface area contributed by atoms with Crippen LogP contribution in [0.15, 0.2) is 18.5 Å². The molecule has 0 unspecified atom stereocenters. The normalized spacial score (nSPS) is 27.5. The summed E-state index contributed by atoms with van der Waals surface area (Å²) in [7, 11) is 0. The summed E-state index contributed by atoms with van der Waals surface area (Å²) in [6.07, 6.45) is 9.66. The maximum Gasteiger partial charge on any atom is 0.138 e. The molecule has 0 aliphatic heterocycles. The van der Waals surface area contributed by atoms with E-state index in [4.69, 9.17) is 10.5 Å². The van der Waals surface area contributed by atoms with E-state index in [0.29, 0.717) is 0 Å². The van der Waals surface area contributed by atoms with Crippen molar-refractivity contribution in [2.24, 2.45) is 11.7 Å². The first-order valence-corrected chi connectivity index (χ1v) is 7.44. The van der Waals surface area contributed by atoms with Gasteiger partial charge in [-0.1, -0.05) is 13.3 Å². The fourth-order valence-corrected chi connectivity index (χ4v) is 2.92. The number of nitrogens with zero attached hydrogens (tertiary/aromatic N) is 1. The summed E-state index contributed by atoms with van der Waals surface area (Å²) in [4.78, 5) is 4.29. The Labute approximate surface area is 116 Å². The summed E-state index contributed by atoms with van der Waals surface area (Å²) in [6.45, 7) is 6.32. The summed E-state index contributed by atoms with van der Waals surface area (Å²) in [5.74, 6) is 1.68. The average molecular weight is 262 g/mol. The van der Waals surface area contributed by atoms with Crippen LogP contribution in [-0.2, 0) is 5.54 Å². The third kappa shape index (κ3) is 3.47. The molecule has 0 radical (unpaired) electrons. The van der Waals surface area contributed by atoms with Gasteiger partial charge >= 0.3 is 0 Å². The lowest BCUT2D eigenvalue weighted by Gasteiger charge is -2.37. The third-order valence-electron chi connectivity index (χ3n) is 4.23. The number of rotatable bonds is 4. The molecule has 2 rings (SSSR count). The van der Waals surface area contributed by atoms with Crippen molar-refractivity contribution < 1.29 is 4.74 Å². The van der Waals surface area contributed by atoms with Gasteiger partial charge in [0.1, 0.15) is 5.75 Å². The zero-order chi connectivity index (χ0) is 13.9. The van der Waals surface area contributed by atoms with Crippen molar-refractivity contribution in [2.75, 3.05) is 0 Å². The van der Waals surface area contributed by atoms with E-state index in [1.54, 1.807) is 6.20 Å². The number of hydrogen-bond acceptors (Lipinski definition) is 3. The summed E-state index contributed by atoms with van der Waals surface area (Å²) in [6, 6.07) is 2.07. The first kappa shape index (κ1) is 14.3. The average Bonchev–Trinajstić information content (AvgIpc) is 2.39. The van der Waals surface area contributed by atoms with Gasteiger partial charge in [0, 0.05) is 11.7 Å². The Hall–Kier alpha value is -1.09. The highest BCUT2D eigenvalue weighted by Gasteiger charge is 2.33. The molecule has 0 saturated heterocycles. The van der Waals surface area contributed by atoms with Crippen LogP contribution in [0.2, 0.25) is 0 Å². The van der Waals surface area contributed by atoms with Crippen LogP contribution >= 0.6 is 0 Å². The number of nitrogens with two attached hydrogens (primary N) is 1. The standard InChI is InChI=1S/C16H26N2O/c1-4-13-5-7-16(17,8-6-13)14-9-15(11-18-10-14)19-12(2)3/h9-13H,4-8,17H2,1-3H3. The lowest BCUT2D eigenvalue weighted by Crippen LogP contribution is -2.40. The summed E-state index contributed by atoms with van der Waals surface area (Å²) < 4.78 is 5.71. The van der Waals surface area contributed by atoms with Crippen molar-refractivity contribution in [1.29, 1.82) is 0 Å². The molecule has 1 heterocycles. The molecule has 2 N–H and O–H groups in total. The molecule has 1 aliphatic carbocycles. The van der Waals surface area contributed by atoms with Gasteiger partial charge in [-0.15, -0.1) is 0 Å². The first-order valence-electron chi connectivity index (χ1n) is 7.44. The number of ether oxygens (including phenoxy) is 1. The molecule has 1 saturated carbocycles. The smallest absolute Gasteiger partial charge is 0.138 e. The van der Waals surface area contributed by atoms with E-state index in [1.807, 2.05) is 20.0 Å². The molecule has 19 heavy (non-hydrogen) atoms. The molecule has 1 aromatic rings. The fourth-order valence-electron chi connectivity index (χ4n) is 2.92. The van der Waals surface area contributed by atoms with Crippen molar-refractivity contribution >= 4 is 0 Å². The van der Waals surface area contributed by atoms with Crippen molar-refractivity contribution in [1.82, 2.24) is 4.98 Å². The van der Waals surface area contributed by atoms with Gasteiger partial charge in [0.25, 0.3) is 0 Å². The largest absolute Gasteiger partial charge is 0.489 e. The Morgan fingerprint density at radius 3 is 2.63 bits per heavy atom. The highest BCUT2D eigenvalue weighted by Crippen LogP contribution is 2.39. The maximum atomic E-state index is 6.60. The fraction of sp³-hybridized carbons (Fsp3) is 0.688. The van der Waals surface area contributed by atoms with Crippen LogP contribution in [0.5, 0.6) is 5.75 Å². The zero-order valence-corrected chi connectivity index (χ0v) is 12.4. The highest BCUT2D eigenvalue weighted by atomic mass is 16.5. The zero-order valence-electron chi connectivity index (χ0n) is 12.4. The Kier molecular flexibility index (Phi) is 4.46. The monoisotopic (exact) mass is 262 g/mol. The minimum Gasteiger partial charge on any atom is -0.489 e. The molecule has 3 heteroatoms. The van der Waals surface area contributed by atoms with Crippen LogP contribution in [0, 0.1) is 5.92 Å². The second-order valence-corrected chi connectivity index (χ2v) is 6.08. The van der Waals surface area contributed by atoms with Gasteiger partial charge in [0.05, 0.1) is 12.3 Å². The quantitative estimate of drug-likeness (QED) is 0.901. The van der Waals surface area contributed by atoms with Crippen LogP contribution in [0.25, 0.3) is 0 Å². The summed E-state index contributed by atoms with van der Waals surface area (Å²) in [5.41, 5.74) is 7.51. The van der Waals surface area contributed by atoms with E-state index in [2.05, 4.69) is 18.0 Å². The van der Waals surface area contributed by atoms with E-state index >= 15 is 0 Å². The van der Waals surface area contributed by atoms with Gasteiger partial charge in [-0.25, -0.2) is 0 Å². The molecule has 0 aromatic carbocycles. The highest BCUT2D eigenvalue weighted by molar-refractivity contribution is 5.29. The molecule has 0 spiro atoms. The van der Waals surface area contributed by atoms with Crippen LogP contribution in [0.4, 0.5) is 0 Å². The number of pyridine rings is 1. The van der Waals surface area contributed by atoms with E-state index in [9.17, 15) is 0 Å². The van der Waals surface area contributed by atoms with Crippen LogP contribution in [0.1, 0.15) is 58.4 Å². The van der Waals surface area contributed by atoms with E-state index in [1.165, 1.54) is 19.3 Å². The molecule has 1 aromatic heterocycles. The minimum atomic E-state index is -0.213. The molecule has 0 bridgehead atoms. The molecule has 106 valence electrons. The third-order valence-corrected chi connectivity index (χ3v) is 4.23. The molecule has 1 fully saturated rings. The van der Waals surface area contributed by atoms with Crippen molar-refractivity contribution in [3.05, 3.63) is 24.0 Å². The first-order chi connectivity index (χ1) is 9.03. The molecule has 3 nitrogen and oxygen atoms in total. The Bertz CT molecular complexity index is 409. The van der Waals surface area contributed by atoms with E-state index in [-0.39, 0.29) is 11.6 Å². The van der Waals surface area contributed by atoms with Gasteiger partial charge < -0.3 is 10.5 Å². The Balaban J connectivity index is 2.12. The maximum absolute atomic E-state index is 6.60. The van der Waals surface area contributed by atoms with Crippen molar-refractivity contribution in [3.63, 3.8) is 0 Å². The van der Waals surface area contributed by atoms with Crippen LogP contribution in [0.3, 0.4) is 0 Å². The molecular formula is C16H26N2O. The van der Waals surface area contributed by atoms with E-state index < -0.39 is 0 Å². The summed E-state index contributed by atoms with van der Waals surface area (Å²) >= 11 is 0. The number of aromatic nitrogens is 1. The van der Waals surface area contributed by atoms with Crippen molar-refractivity contribution in [3.8, 4) is 5.75 Å². The number of hydrogen-bond donors (Lipinski definition) is 1. The predicted molar refractivity (Wildman–Crippen MR) is 78.1 cm³/mol. The van der Waals surface area contributed by atoms with Crippen LogP contribution in [-0.4, -0.2) is 11.1 Å². The minimum absolute atomic E-state index is 0.168. The molecule has 0 atom stereocenters. The SMILES string of the molecule is CCC1CCC(N)(c2cncc(OC(C)C)c2)CC1. The Morgan fingerprint density at radius 2 is 2.05 bits per heavy atom. The lowest BCUT2D eigenvalue weighted by atomic mass is 9.73. The molecule has 0 amide bonds. The second kappa shape index (κ2) is 5.91. The van der Waals surface area contributed by atoms with Gasteiger partial charge in [-0.2, -0.15) is 0 Å². The van der Waals surface area contributed by atoms with Gasteiger partial charge in [0.2, 0.25) is 0 Å². The summed E-state index contributed by atoms with van der Waals surface area (Å²) in [5, 5.41) is 0. The van der Waals surface area contributed by atoms with Gasteiger partial charge in [-0.3, -0.25) is 4.98 Å². The van der Waals surface area contributed by atoms with Crippen molar-refractivity contribution in [2.45, 2.75) is 64.5 Å². The van der Waals surface area contributed by atoms with E-state index in [0.717, 1.165) is 30.1 Å². The molecular weight excluding hydrogens is 236 g/mol. The van der Waals surface area contributed by atoms with Gasteiger partial charge in [-0.05, 0) is 57.1 Å². The second-order valence-electron chi connectivity index (χ2n) is 6.08. The molecule has 1 aliphatic rings. The lowest BCUT2D eigenvalue weighted by molar-refractivity contribution is 0.225. The van der Waals surface area contributed by atoms with Crippen LogP contribution < -0.4 is 10.5 Å². The van der Waals surface area contributed by atoms with Gasteiger partial charge in [0.15, 0.2) is 0 Å². The predicted octanol–water partition coefficient (Wildman–Crippen LogP) is 3.62. The topological polar surface area (TPSA) is 48.1 Å².